The summed E-state index contributed by atoms with van der Waals surface area (Å²) in [5, 5.41) is 0. The molecular weight excluding hydrogens is 210 g/mol. The van der Waals surface area contributed by atoms with E-state index in [0.29, 0.717) is 0 Å². The maximum Gasteiger partial charge on any atom is 0.182 e. The third-order valence-electron chi connectivity index (χ3n) is 2.79. The topological polar surface area (TPSA) is 26.0 Å². The normalized spacial score (nSPS) is 10.6. The zero-order valence-corrected chi connectivity index (χ0v) is 9.13. The number of oxazole rings is 1. The van der Waals surface area contributed by atoms with E-state index in [-0.39, 0.29) is 0 Å². The molecule has 1 aromatic heterocycles. The maximum absolute atomic E-state index is 5.64. The van der Waals surface area contributed by atoms with E-state index in [4.69, 9.17) is 11.0 Å². The van der Waals surface area contributed by atoms with Crippen LogP contribution >= 0.6 is 0 Å². The molecule has 0 unspecified atom stereocenters. The maximum atomic E-state index is 5.64. The Morgan fingerprint density at radius 2 is 1.82 bits per heavy atom. The van der Waals surface area contributed by atoms with Gasteiger partial charge in [-0.2, -0.15) is 0 Å². The zero-order chi connectivity index (χ0) is 11.7. The molecule has 0 aliphatic carbocycles. The van der Waals surface area contributed by atoms with Crippen molar-refractivity contribution in [2.45, 2.75) is 0 Å². The van der Waals surface area contributed by atoms with Gasteiger partial charge in [-0.05, 0) is 17.2 Å². The molecule has 1 heterocycles. The first-order valence-electron chi connectivity index (χ1n) is 5.37. The van der Waals surface area contributed by atoms with Crippen molar-refractivity contribution in [2.75, 3.05) is 0 Å². The molecule has 2 heteroatoms. The summed E-state index contributed by atoms with van der Waals surface area (Å²) in [6.45, 7) is 5.64. The molecular formula is C15H10NO. The van der Waals surface area contributed by atoms with Gasteiger partial charge in [0, 0.05) is 5.56 Å². The van der Waals surface area contributed by atoms with Crippen LogP contribution in [-0.2, 0) is 0 Å². The molecule has 0 aliphatic heterocycles. The standard InChI is InChI=1S/C15H10NO/c1-2-11-6-3-4-7-12(11)13-8-5-9-14-15(13)16-10-17-14/h1-10H. The van der Waals surface area contributed by atoms with Crippen molar-refractivity contribution >= 4 is 17.2 Å². The highest BCUT2D eigenvalue weighted by Crippen LogP contribution is 2.30. The van der Waals surface area contributed by atoms with Crippen LogP contribution in [0.2, 0.25) is 0 Å². The molecule has 0 spiro atoms. The van der Waals surface area contributed by atoms with E-state index in [1.165, 1.54) is 6.39 Å². The summed E-state index contributed by atoms with van der Waals surface area (Å²) in [6.07, 6.45) is 3.07. The van der Waals surface area contributed by atoms with Gasteiger partial charge < -0.3 is 4.42 Å². The van der Waals surface area contributed by atoms with Crippen molar-refractivity contribution in [3.63, 3.8) is 0 Å². The zero-order valence-electron chi connectivity index (χ0n) is 9.13. The van der Waals surface area contributed by atoms with Gasteiger partial charge in [0.2, 0.25) is 0 Å². The second-order valence-electron chi connectivity index (χ2n) is 3.76. The smallest absolute Gasteiger partial charge is 0.182 e. The average molecular weight is 220 g/mol. The summed E-state index contributed by atoms with van der Waals surface area (Å²) >= 11 is 0. The number of rotatable bonds is 2. The summed E-state index contributed by atoms with van der Waals surface area (Å²) in [5.41, 5.74) is 4.74. The van der Waals surface area contributed by atoms with Gasteiger partial charge in [-0.3, -0.25) is 0 Å². The molecule has 1 radical (unpaired) electrons. The highest BCUT2D eigenvalue weighted by Gasteiger charge is 2.08. The van der Waals surface area contributed by atoms with Crippen LogP contribution < -0.4 is 0 Å². The van der Waals surface area contributed by atoms with Crippen LogP contribution in [0, 0.1) is 6.58 Å². The molecule has 0 saturated heterocycles. The van der Waals surface area contributed by atoms with Crippen LogP contribution in [0.3, 0.4) is 0 Å². The Morgan fingerprint density at radius 3 is 2.71 bits per heavy atom. The molecule has 3 rings (SSSR count). The van der Waals surface area contributed by atoms with Crippen molar-refractivity contribution in [2.24, 2.45) is 0 Å². The van der Waals surface area contributed by atoms with Gasteiger partial charge in [0.1, 0.15) is 5.52 Å². The third kappa shape index (κ3) is 1.54. The van der Waals surface area contributed by atoms with Gasteiger partial charge in [0.25, 0.3) is 0 Å². The Hall–Kier alpha value is -2.35. The van der Waals surface area contributed by atoms with E-state index in [9.17, 15) is 0 Å². The van der Waals surface area contributed by atoms with E-state index >= 15 is 0 Å². The van der Waals surface area contributed by atoms with Crippen molar-refractivity contribution in [1.29, 1.82) is 0 Å². The number of hydrogen-bond acceptors (Lipinski definition) is 2. The fraction of sp³-hybridized carbons (Fsp3) is 0. The van der Waals surface area contributed by atoms with Gasteiger partial charge in [0.15, 0.2) is 12.0 Å². The molecule has 0 bridgehead atoms. The van der Waals surface area contributed by atoms with Crippen LogP contribution in [0.5, 0.6) is 0 Å². The Morgan fingerprint density at radius 1 is 1.00 bits per heavy atom. The number of benzene rings is 2. The van der Waals surface area contributed by atoms with Crippen LogP contribution in [0.4, 0.5) is 0 Å². The summed E-state index contributed by atoms with van der Waals surface area (Å²) in [6, 6.07) is 13.8. The van der Waals surface area contributed by atoms with Crippen molar-refractivity contribution in [3.8, 4) is 11.1 Å². The van der Waals surface area contributed by atoms with Crippen LogP contribution in [0.25, 0.3) is 28.3 Å². The largest absolute Gasteiger partial charge is 0.443 e. The number of nitrogens with zero attached hydrogens (tertiary/aromatic N) is 1. The van der Waals surface area contributed by atoms with E-state index in [2.05, 4.69) is 4.98 Å². The van der Waals surface area contributed by atoms with Gasteiger partial charge in [-0.25, -0.2) is 4.98 Å². The van der Waals surface area contributed by atoms with Crippen molar-refractivity contribution in [3.05, 3.63) is 61.0 Å². The summed E-state index contributed by atoms with van der Waals surface area (Å²) < 4.78 is 5.30. The summed E-state index contributed by atoms with van der Waals surface area (Å²) in [4.78, 5) is 4.25. The Kier molecular flexibility index (Phi) is 2.26. The van der Waals surface area contributed by atoms with Crippen LogP contribution in [0.1, 0.15) is 5.56 Å². The predicted octanol–water partition coefficient (Wildman–Crippen LogP) is 3.94. The Bertz CT molecular complexity index is 682. The molecule has 3 aromatic rings. The lowest BCUT2D eigenvalue weighted by Crippen LogP contribution is -1.84. The molecule has 2 nitrogen and oxygen atoms in total. The first kappa shape index (κ1) is 9.85. The molecule has 0 aliphatic rings. The van der Waals surface area contributed by atoms with Crippen LogP contribution in [-0.4, -0.2) is 4.98 Å². The summed E-state index contributed by atoms with van der Waals surface area (Å²) in [7, 11) is 0. The Labute approximate surface area is 99.2 Å². The molecule has 0 atom stereocenters. The lowest BCUT2D eigenvalue weighted by Gasteiger charge is -2.06. The van der Waals surface area contributed by atoms with Gasteiger partial charge in [-0.1, -0.05) is 49.1 Å². The monoisotopic (exact) mass is 220 g/mol. The van der Waals surface area contributed by atoms with Gasteiger partial charge in [-0.15, -0.1) is 0 Å². The average Bonchev–Trinajstić information content (AvgIpc) is 2.86. The minimum absolute atomic E-state index is 0.786. The minimum Gasteiger partial charge on any atom is -0.443 e. The molecule has 0 amide bonds. The Balaban J connectivity index is 2.34. The van der Waals surface area contributed by atoms with Crippen molar-refractivity contribution in [1.82, 2.24) is 4.98 Å². The van der Waals surface area contributed by atoms with Gasteiger partial charge in [0.05, 0.1) is 0 Å². The fourth-order valence-corrected chi connectivity index (χ4v) is 1.99. The second kappa shape index (κ2) is 3.91. The molecule has 0 N–H and O–H groups in total. The molecule has 0 saturated carbocycles. The molecule has 81 valence electrons. The lowest BCUT2D eigenvalue weighted by atomic mass is 9.99. The molecule has 0 fully saturated rings. The van der Waals surface area contributed by atoms with Crippen LogP contribution in [0.15, 0.2) is 53.3 Å². The van der Waals surface area contributed by atoms with Crippen molar-refractivity contribution < 1.29 is 4.42 Å². The fourth-order valence-electron chi connectivity index (χ4n) is 1.99. The first-order chi connectivity index (χ1) is 8.40. The van der Waals surface area contributed by atoms with E-state index in [1.54, 1.807) is 6.08 Å². The molecule has 2 aromatic carbocycles. The quantitative estimate of drug-likeness (QED) is 0.653. The third-order valence-corrected chi connectivity index (χ3v) is 2.79. The van der Waals surface area contributed by atoms with E-state index in [0.717, 1.165) is 27.8 Å². The molecule has 17 heavy (non-hydrogen) atoms. The highest BCUT2D eigenvalue weighted by atomic mass is 16.3. The number of aromatic nitrogens is 1. The number of para-hydroxylation sites is 1. The van der Waals surface area contributed by atoms with E-state index in [1.807, 2.05) is 42.5 Å². The minimum atomic E-state index is 0.786. The van der Waals surface area contributed by atoms with E-state index < -0.39 is 0 Å². The SMILES string of the molecule is [CH]=Cc1ccccc1-c1cccc2ocnc12. The first-order valence-corrected chi connectivity index (χ1v) is 5.37. The highest BCUT2D eigenvalue weighted by molar-refractivity contribution is 5.93. The second-order valence-corrected chi connectivity index (χ2v) is 3.76. The van der Waals surface area contributed by atoms with Gasteiger partial charge >= 0.3 is 0 Å². The number of fused-ring (bicyclic) bond motifs is 1. The number of hydrogen-bond donors (Lipinski definition) is 0. The predicted molar refractivity (Wildman–Crippen MR) is 68.2 cm³/mol. The summed E-state index contributed by atoms with van der Waals surface area (Å²) in [5.74, 6) is 0. The lowest BCUT2D eigenvalue weighted by molar-refractivity contribution is 0.602.